The number of hydrogen-bond acceptors (Lipinski definition) is 3. The Hall–Kier alpha value is -0.120. The molecule has 1 aliphatic carbocycles. The summed E-state index contributed by atoms with van der Waals surface area (Å²) in [5.74, 6) is 0.964. The maximum atomic E-state index is 6.22. The van der Waals surface area contributed by atoms with Crippen LogP contribution in [0.5, 0.6) is 0 Å². The summed E-state index contributed by atoms with van der Waals surface area (Å²) in [5, 5.41) is 0. The van der Waals surface area contributed by atoms with E-state index in [1.807, 2.05) is 0 Å². The fourth-order valence-corrected chi connectivity index (χ4v) is 5.12. The maximum Gasteiger partial charge on any atom is 0.0579 e. The third kappa shape index (κ3) is 8.03. The Morgan fingerprint density at radius 2 is 1.74 bits per heavy atom. The molecule has 0 amide bonds. The zero-order chi connectivity index (χ0) is 19.6. The molecule has 2 fully saturated rings. The van der Waals surface area contributed by atoms with Crippen molar-refractivity contribution >= 4 is 0 Å². The molecule has 0 aromatic rings. The number of unbranched alkanes of at least 4 members (excludes halogenated alkanes) is 1. The molecular weight excluding hydrogens is 332 g/mol. The Morgan fingerprint density at radius 1 is 1.00 bits per heavy atom. The van der Waals surface area contributed by atoms with Gasteiger partial charge in [0.1, 0.15) is 0 Å². The van der Waals surface area contributed by atoms with Gasteiger partial charge in [0.15, 0.2) is 0 Å². The zero-order valence-corrected chi connectivity index (χ0v) is 19.1. The summed E-state index contributed by atoms with van der Waals surface area (Å²) in [4.78, 5) is 5.42. The largest absolute Gasteiger partial charge is 0.375 e. The second-order valence-electron chi connectivity index (χ2n) is 9.51. The maximum absolute atomic E-state index is 6.22. The lowest BCUT2D eigenvalue weighted by molar-refractivity contribution is -0.0321. The second-order valence-corrected chi connectivity index (χ2v) is 9.51. The first-order chi connectivity index (χ1) is 13.0. The Kier molecular flexibility index (Phi) is 10.7. The van der Waals surface area contributed by atoms with Crippen molar-refractivity contribution in [3.8, 4) is 0 Å². The summed E-state index contributed by atoms with van der Waals surface area (Å²) in [6, 6.07) is 1.48. The molecule has 2 aliphatic rings. The van der Waals surface area contributed by atoms with Gasteiger partial charge in [-0.15, -0.1) is 0 Å². The lowest BCUT2D eigenvalue weighted by Gasteiger charge is -2.42. The fraction of sp³-hybridized carbons (Fsp3) is 1.00. The first-order valence-electron chi connectivity index (χ1n) is 12.2. The molecule has 1 heterocycles. The van der Waals surface area contributed by atoms with E-state index in [1.54, 1.807) is 0 Å². The number of nitrogens with zero attached hydrogens (tertiary/aromatic N) is 2. The quantitative estimate of drug-likeness (QED) is 0.426. The van der Waals surface area contributed by atoms with Gasteiger partial charge in [0.05, 0.1) is 12.2 Å². The van der Waals surface area contributed by atoms with Gasteiger partial charge in [-0.25, -0.2) is 0 Å². The normalized spacial score (nSPS) is 30.3. The summed E-state index contributed by atoms with van der Waals surface area (Å²) < 4.78 is 6.22. The van der Waals surface area contributed by atoms with Crippen molar-refractivity contribution < 1.29 is 4.74 Å². The number of rotatable bonds is 11. The van der Waals surface area contributed by atoms with Crippen LogP contribution in [0.15, 0.2) is 0 Å². The summed E-state index contributed by atoms with van der Waals surface area (Å²) >= 11 is 0. The third-order valence-electron chi connectivity index (χ3n) is 7.23. The van der Waals surface area contributed by atoms with Gasteiger partial charge in [-0.05, 0) is 78.2 Å². The second kappa shape index (κ2) is 12.4. The number of ether oxygens (including phenoxy) is 1. The van der Waals surface area contributed by atoms with Crippen LogP contribution in [0.1, 0.15) is 98.8 Å². The van der Waals surface area contributed by atoms with Crippen LogP contribution < -0.4 is 0 Å². The van der Waals surface area contributed by atoms with Crippen LogP contribution in [0.2, 0.25) is 0 Å². The van der Waals surface area contributed by atoms with Crippen LogP contribution in [0, 0.1) is 5.92 Å². The number of piperazine rings is 1. The van der Waals surface area contributed by atoms with Crippen molar-refractivity contribution in [2.24, 2.45) is 5.92 Å². The van der Waals surface area contributed by atoms with Gasteiger partial charge < -0.3 is 4.74 Å². The predicted molar refractivity (Wildman–Crippen MR) is 117 cm³/mol. The van der Waals surface area contributed by atoms with E-state index < -0.39 is 0 Å². The smallest absolute Gasteiger partial charge is 0.0579 e. The van der Waals surface area contributed by atoms with E-state index in [1.165, 1.54) is 90.4 Å². The average molecular weight is 381 g/mol. The third-order valence-corrected chi connectivity index (χ3v) is 7.23. The van der Waals surface area contributed by atoms with Gasteiger partial charge in [0.2, 0.25) is 0 Å². The molecule has 0 spiro atoms. The van der Waals surface area contributed by atoms with Gasteiger partial charge in [0, 0.05) is 31.7 Å². The molecule has 0 aromatic heterocycles. The van der Waals surface area contributed by atoms with Crippen LogP contribution in [0.25, 0.3) is 0 Å². The molecule has 0 bridgehead atoms. The van der Waals surface area contributed by atoms with Gasteiger partial charge >= 0.3 is 0 Å². The van der Waals surface area contributed by atoms with Gasteiger partial charge in [-0.3, -0.25) is 9.80 Å². The van der Waals surface area contributed by atoms with Crippen molar-refractivity contribution in [1.29, 1.82) is 0 Å². The Balaban J connectivity index is 1.54. The highest BCUT2D eigenvalue weighted by Crippen LogP contribution is 2.30. The van der Waals surface area contributed by atoms with E-state index >= 15 is 0 Å². The summed E-state index contributed by atoms with van der Waals surface area (Å²) in [7, 11) is 0. The lowest BCUT2D eigenvalue weighted by Crippen LogP contribution is -2.54. The Morgan fingerprint density at radius 3 is 2.37 bits per heavy atom. The molecule has 3 nitrogen and oxygen atoms in total. The van der Waals surface area contributed by atoms with E-state index in [0.717, 1.165) is 18.0 Å². The van der Waals surface area contributed by atoms with Crippen LogP contribution in [-0.4, -0.2) is 60.3 Å². The van der Waals surface area contributed by atoms with Crippen molar-refractivity contribution in [3.63, 3.8) is 0 Å². The van der Waals surface area contributed by atoms with Crippen molar-refractivity contribution in [2.75, 3.05) is 26.2 Å². The minimum absolute atomic E-state index is 0.458. The molecule has 1 saturated carbocycles. The molecule has 2 unspecified atom stereocenters. The summed E-state index contributed by atoms with van der Waals surface area (Å²) in [5.41, 5.74) is 0. The minimum Gasteiger partial charge on any atom is -0.375 e. The van der Waals surface area contributed by atoms with Crippen molar-refractivity contribution in [1.82, 2.24) is 9.80 Å². The number of hydrogen-bond donors (Lipinski definition) is 0. The highest BCUT2D eigenvalue weighted by molar-refractivity contribution is 4.82. The first kappa shape index (κ1) is 23.2. The molecule has 3 heteroatoms. The monoisotopic (exact) mass is 380 g/mol. The van der Waals surface area contributed by atoms with E-state index in [-0.39, 0.29) is 0 Å². The van der Waals surface area contributed by atoms with Gasteiger partial charge in [-0.1, -0.05) is 33.1 Å². The van der Waals surface area contributed by atoms with Crippen LogP contribution in [0.3, 0.4) is 0 Å². The van der Waals surface area contributed by atoms with Crippen LogP contribution in [0.4, 0.5) is 0 Å². The van der Waals surface area contributed by atoms with E-state index in [2.05, 4.69) is 44.4 Å². The molecule has 0 radical (unpaired) electrons. The highest BCUT2D eigenvalue weighted by atomic mass is 16.5. The molecular formula is C24H48N2O. The molecule has 0 aromatic carbocycles. The molecule has 0 N–H and O–H groups in total. The summed E-state index contributed by atoms with van der Waals surface area (Å²) in [6.45, 7) is 16.7. The first-order valence-corrected chi connectivity index (χ1v) is 12.2. The molecule has 160 valence electrons. The minimum atomic E-state index is 0.458. The van der Waals surface area contributed by atoms with E-state index in [4.69, 9.17) is 4.74 Å². The topological polar surface area (TPSA) is 15.7 Å². The van der Waals surface area contributed by atoms with Crippen LogP contribution in [-0.2, 0) is 4.74 Å². The predicted octanol–water partition coefficient (Wildman–Crippen LogP) is 5.73. The molecule has 1 aliphatic heterocycles. The fourth-order valence-electron chi connectivity index (χ4n) is 5.12. The lowest BCUT2D eigenvalue weighted by atomic mass is 9.84. The average Bonchev–Trinajstić information content (AvgIpc) is 2.67. The van der Waals surface area contributed by atoms with Crippen molar-refractivity contribution in [3.05, 3.63) is 0 Å². The Bertz CT molecular complexity index is 381. The molecule has 27 heavy (non-hydrogen) atoms. The molecule has 3 atom stereocenters. The summed E-state index contributed by atoms with van der Waals surface area (Å²) in [6.07, 6.45) is 14.4. The van der Waals surface area contributed by atoms with E-state index in [0.29, 0.717) is 12.2 Å². The van der Waals surface area contributed by atoms with E-state index in [9.17, 15) is 0 Å². The molecule has 2 rings (SSSR count). The van der Waals surface area contributed by atoms with Gasteiger partial charge in [-0.2, -0.15) is 0 Å². The highest BCUT2D eigenvalue weighted by Gasteiger charge is 2.26. The standard InChI is InChI=1S/C24H48N2O/c1-6-10-22(5)27-24-14-12-23(13-15-24)11-8-9-16-25-17-18-26(19-21(25)4)20(3)7-2/h20-24H,6-19H2,1-5H3/t20?,21-,22?,23-,24-/m0/s1. The SMILES string of the molecule is CCCC(C)O[C@H]1CC[C@H](CCCCN2CCN(C(C)CC)C[C@@H]2C)CC1. The zero-order valence-electron chi connectivity index (χ0n) is 19.1. The Labute approximate surface area is 170 Å². The molecule has 1 saturated heterocycles. The van der Waals surface area contributed by atoms with Crippen LogP contribution >= 0.6 is 0 Å². The van der Waals surface area contributed by atoms with Crippen molar-refractivity contribution in [2.45, 2.75) is 123 Å². The van der Waals surface area contributed by atoms with Gasteiger partial charge in [0.25, 0.3) is 0 Å².